The van der Waals surface area contributed by atoms with Gasteiger partial charge < -0.3 is 9.47 Å². The third-order valence-electron chi connectivity index (χ3n) is 12.0. The van der Waals surface area contributed by atoms with E-state index in [1.54, 1.807) is 0 Å². The summed E-state index contributed by atoms with van der Waals surface area (Å²) in [5, 5.41) is 0. The quantitative estimate of drug-likeness (QED) is 0.0453. The predicted molar refractivity (Wildman–Crippen MR) is 257 cm³/mol. The summed E-state index contributed by atoms with van der Waals surface area (Å²) >= 11 is 0. The van der Waals surface area contributed by atoms with Crippen LogP contribution in [0.5, 0.6) is 0 Å². The number of carbonyl (C=O) groups excluding carboxylic acids is 2. The average Bonchev–Trinajstić information content (AvgIpc) is 3.21. The summed E-state index contributed by atoms with van der Waals surface area (Å²) in [6.07, 6.45) is 58.2. The van der Waals surface area contributed by atoms with Gasteiger partial charge in [-0.1, -0.05) is 278 Å². The van der Waals surface area contributed by atoms with Crippen LogP contribution >= 0.6 is 0 Å². The van der Waals surface area contributed by atoms with E-state index in [0.717, 1.165) is 25.2 Å². The Morgan fingerprint density at radius 2 is 0.552 bits per heavy atom. The molecule has 58 heavy (non-hydrogen) atoms. The summed E-state index contributed by atoms with van der Waals surface area (Å²) in [5.41, 5.74) is 0. The largest absolute Gasteiger partial charge is 0.466 e. The van der Waals surface area contributed by atoms with Crippen molar-refractivity contribution in [2.75, 3.05) is 13.2 Å². The highest BCUT2D eigenvalue weighted by Crippen LogP contribution is 2.17. The van der Waals surface area contributed by atoms with E-state index >= 15 is 0 Å². The maximum atomic E-state index is 11.9. The van der Waals surface area contributed by atoms with Gasteiger partial charge in [0.2, 0.25) is 0 Å². The Bertz CT molecular complexity index is 764. The molecule has 0 saturated carbocycles. The second-order valence-corrected chi connectivity index (χ2v) is 18.5. The molecule has 4 nitrogen and oxygen atoms in total. The minimum absolute atomic E-state index is 0.0260. The Kier molecular flexibility index (Phi) is 54.9. The van der Waals surface area contributed by atoms with Crippen molar-refractivity contribution in [3.8, 4) is 0 Å². The lowest BCUT2D eigenvalue weighted by atomic mass is 10.0. The van der Waals surface area contributed by atoms with Crippen molar-refractivity contribution >= 4 is 11.9 Å². The summed E-state index contributed by atoms with van der Waals surface area (Å²) in [4.78, 5) is 23.0. The number of unbranched alkanes of at least 4 members (excludes halogenated alkanes) is 38. The molecule has 0 radical (unpaired) electrons. The number of rotatable bonds is 47. The summed E-state index contributed by atoms with van der Waals surface area (Å²) in [7, 11) is 0. The maximum absolute atomic E-state index is 11.9. The van der Waals surface area contributed by atoms with Crippen molar-refractivity contribution in [1.82, 2.24) is 0 Å². The van der Waals surface area contributed by atoms with Crippen LogP contribution in [-0.2, 0) is 19.1 Å². The lowest BCUT2D eigenvalue weighted by Gasteiger charge is -2.06. The monoisotopic (exact) mass is 821 g/mol. The SMILES string of the molecule is CCCCCCCCCCCCCCCCCC(=O)OCC.CCCCCCCCCCCCCCCCCC(=O)OCCCCCCCCCCCCCC(C)C. The first kappa shape index (κ1) is 59.0. The summed E-state index contributed by atoms with van der Waals surface area (Å²) < 4.78 is 10.4. The van der Waals surface area contributed by atoms with E-state index in [1.807, 2.05) is 6.92 Å². The van der Waals surface area contributed by atoms with Gasteiger partial charge in [-0.25, -0.2) is 0 Å². The number of esters is 2. The van der Waals surface area contributed by atoms with Crippen LogP contribution < -0.4 is 0 Å². The summed E-state index contributed by atoms with van der Waals surface area (Å²) in [6, 6.07) is 0. The fourth-order valence-corrected chi connectivity index (χ4v) is 8.02. The molecule has 0 heterocycles. The zero-order valence-electron chi connectivity index (χ0n) is 40.7. The van der Waals surface area contributed by atoms with Crippen molar-refractivity contribution in [1.29, 1.82) is 0 Å². The Labute approximate surface area is 366 Å². The standard InChI is InChI=1S/C34H68O2.C20H40O2/c1-4-5-6-7-8-9-10-11-12-13-16-19-22-25-28-31-34(35)36-32-29-26-23-20-17-14-15-18-21-24-27-30-33(2)3;1-3-5-6-7-8-9-10-11-12-13-14-15-16-17-18-19-20(21)22-4-2/h33H,4-32H2,1-3H3;3-19H2,1-2H3. The van der Waals surface area contributed by atoms with Gasteiger partial charge in [-0.3, -0.25) is 9.59 Å². The fourth-order valence-electron chi connectivity index (χ4n) is 8.02. The van der Waals surface area contributed by atoms with Crippen molar-refractivity contribution in [2.45, 2.75) is 317 Å². The molecule has 0 amide bonds. The molecular formula is C54H108O4. The lowest BCUT2D eigenvalue weighted by Crippen LogP contribution is -2.05. The molecule has 348 valence electrons. The van der Waals surface area contributed by atoms with Gasteiger partial charge in [0, 0.05) is 12.8 Å². The van der Waals surface area contributed by atoms with Crippen LogP contribution in [-0.4, -0.2) is 25.2 Å². The molecule has 0 N–H and O–H groups in total. The molecule has 0 fully saturated rings. The molecule has 0 aromatic rings. The molecule has 0 aliphatic carbocycles. The van der Waals surface area contributed by atoms with Gasteiger partial charge in [0.25, 0.3) is 0 Å². The van der Waals surface area contributed by atoms with Gasteiger partial charge in [-0.2, -0.15) is 0 Å². The first-order chi connectivity index (χ1) is 28.5. The Balaban J connectivity index is 0. The van der Waals surface area contributed by atoms with E-state index in [9.17, 15) is 9.59 Å². The smallest absolute Gasteiger partial charge is 0.305 e. The molecule has 4 heteroatoms. The van der Waals surface area contributed by atoms with Crippen LogP contribution in [0.15, 0.2) is 0 Å². The third-order valence-corrected chi connectivity index (χ3v) is 12.0. The van der Waals surface area contributed by atoms with E-state index in [4.69, 9.17) is 9.47 Å². The van der Waals surface area contributed by atoms with Gasteiger partial charge in [0.05, 0.1) is 13.2 Å². The van der Waals surface area contributed by atoms with Crippen LogP contribution in [0.4, 0.5) is 0 Å². The minimum atomic E-state index is -0.0304. The molecule has 0 unspecified atom stereocenters. The number of ether oxygens (including phenoxy) is 2. The van der Waals surface area contributed by atoms with Crippen LogP contribution in [0.1, 0.15) is 317 Å². The van der Waals surface area contributed by atoms with Gasteiger partial charge in [-0.15, -0.1) is 0 Å². The summed E-state index contributed by atoms with van der Waals surface area (Å²) in [6.45, 7) is 12.2. The van der Waals surface area contributed by atoms with Crippen molar-refractivity contribution in [3.63, 3.8) is 0 Å². The zero-order valence-corrected chi connectivity index (χ0v) is 40.7. The van der Waals surface area contributed by atoms with E-state index in [0.29, 0.717) is 26.1 Å². The van der Waals surface area contributed by atoms with Crippen LogP contribution in [0.25, 0.3) is 0 Å². The highest BCUT2D eigenvalue weighted by Gasteiger charge is 2.04. The van der Waals surface area contributed by atoms with Gasteiger partial charge >= 0.3 is 11.9 Å². The molecule has 0 rings (SSSR count). The Morgan fingerprint density at radius 1 is 0.310 bits per heavy atom. The molecule has 0 aromatic carbocycles. The molecule has 0 bridgehead atoms. The highest BCUT2D eigenvalue weighted by molar-refractivity contribution is 5.69. The van der Waals surface area contributed by atoms with Crippen molar-refractivity contribution in [2.24, 2.45) is 5.92 Å². The normalized spacial score (nSPS) is 11.2. The van der Waals surface area contributed by atoms with Crippen molar-refractivity contribution < 1.29 is 19.1 Å². The average molecular weight is 821 g/mol. The third kappa shape index (κ3) is 57.0. The van der Waals surface area contributed by atoms with Gasteiger partial charge in [0.1, 0.15) is 0 Å². The molecule has 0 saturated heterocycles. The number of carbonyl (C=O) groups is 2. The molecular weight excluding hydrogens is 713 g/mol. The Hall–Kier alpha value is -1.06. The number of hydrogen-bond donors (Lipinski definition) is 0. The highest BCUT2D eigenvalue weighted by atomic mass is 16.5. The van der Waals surface area contributed by atoms with E-state index < -0.39 is 0 Å². The van der Waals surface area contributed by atoms with Gasteiger partial charge in [0.15, 0.2) is 0 Å². The molecule has 0 aromatic heterocycles. The summed E-state index contributed by atoms with van der Waals surface area (Å²) in [5.74, 6) is 0.864. The topological polar surface area (TPSA) is 52.6 Å². The second-order valence-electron chi connectivity index (χ2n) is 18.5. The van der Waals surface area contributed by atoms with Crippen molar-refractivity contribution in [3.05, 3.63) is 0 Å². The van der Waals surface area contributed by atoms with Gasteiger partial charge in [-0.05, 0) is 32.1 Å². The molecule has 0 aliphatic heterocycles. The molecule has 0 aliphatic rings. The van der Waals surface area contributed by atoms with E-state index in [2.05, 4.69) is 27.7 Å². The van der Waals surface area contributed by atoms with Crippen LogP contribution in [0.2, 0.25) is 0 Å². The minimum Gasteiger partial charge on any atom is -0.466 e. The maximum Gasteiger partial charge on any atom is 0.305 e. The second kappa shape index (κ2) is 54.0. The first-order valence-corrected chi connectivity index (χ1v) is 26.8. The van der Waals surface area contributed by atoms with E-state index in [-0.39, 0.29) is 11.9 Å². The van der Waals surface area contributed by atoms with Crippen LogP contribution in [0, 0.1) is 5.92 Å². The molecule has 0 spiro atoms. The Morgan fingerprint density at radius 3 is 0.828 bits per heavy atom. The van der Waals surface area contributed by atoms with Crippen LogP contribution in [0.3, 0.4) is 0 Å². The zero-order chi connectivity index (χ0) is 42.7. The predicted octanol–water partition coefficient (Wildman–Crippen LogP) is 18.9. The number of hydrogen-bond acceptors (Lipinski definition) is 4. The van der Waals surface area contributed by atoms with E-state index in [1.165, 1.54) is 250 Å². The molecule has 0 atom stereocenters. The lowest BCUT2D eigenvalue weighted by molar-refractivity contribution is -0.144. The first-order valence-electron chi connectivity index (χ1n) is 26.8. The fraction of sp³-hybridized carbons (Fsp3) is 0.963.